The van der Waals surface area contributed by atoms with Crippen LogP contribution in [0.15, 0.2) is 35.3 Å². The summed E-state index contributed by atoms with van der Waals surface area (Å²) in [6, 6.07) is 0. The van der Waals surface area contributed by atoms with Crippen LogP contribution in [0.25, 0.3) is 0 Å². The summed E-state index contributed by atoms with van der Waals surface area (Å²) in [5.74, 6) is 0.454. The maximum atomic E-state index is 10.8. The largest absolute Gasteiger partial charge is 0.513 e. The van der Waals surface area contributed by atoms with Gasteiger partial charge in [0.15, 0.2) is 0 Å². The zero-order chi connectivity index (χ0) is 20.3. The van der Waals surface area contributed by atoms with Crippen LogP contribution in [0.4, 0.5) is 0 Å². The van der Waals surface area contributed by atoms with E-state index in [0.717, 1.165) is 18.4 Å². The molecular formula is C23H42O2. The molecule has 0 atom stereocenters. The van der Waals surface area contributed by atoms with Gasteiger partial charge in [-0.1, -0.05) is 75.3 Å². The van der Waals surface area contributed by atoms with E-state index in [4.69, 9.17) is 0 Å². The minimum absolute atomic E-state index is 0.0104. The Hall–Kier alpha value is -1.18. The molecule has 0 bridgehead atoms. The fraction of sp³-hybridized carbons (Fsp3) is 0.739. The summed E-state index contributed by atoms with van der Waals surface area (Å²) in [5.41, 5.74) is 0.879. The van der Waals surface area contributed by atoms with Gasteiger partial charge in [-0.05, 0) is 53.6 Å². The lowest BCUT2D eigenvalue weighted by Crippen LogP contribution is -2.23. The molecule has 0 unspecified atom stereocenters. The minimum atomic E-state index is -0.245. The van der Waals surface area contributed by atoms with Gasteiger partial charge in [0.2, 0.25) is 0 Å². The first-order valence-electron chi connectivity index (χ1n) is 9.35. The fourth-order valence-corrected chi connectivity index (χ4v) is 4.07. The van der Waals surface area contributed by atoms with Crippen molar-refractivity contribution in [2.75, 3.05) is 0 Å². The molecule has 0 amide bonds. The number of hydrogen-bond acceptors (Lipinski definition) is 2. The van der Waals surface area contributed by atoms with Gasteiger partial charge >= 0.3 is 0 Å². The summed E-state index contributed by atoms with van der Waals surface area (Å²) in [6.07, 6.45) is 7.52. The van der Waals surface area contributed by atoms with Crippen molar-refractivity contribution in [2.45, 2.75) is 89.0 Å². The zero-order valence-electron chi connectivity index (χ0n) is 18.5. The van der Waals surface area contributed by atoms with Gasteiger partial charge in [-0.2, -0.15) is 0 Å². The Balaban J connectivity index is 5.85. The summed E-state index contributed by atoms with van der Waals surface area (Å²) < 4.78 is 0. The maximum absolute atomic E-state index is 10.8. The molecular weight excluding hydrogens is 308 g/mol. The molecule has 0 saturated heterocycles. The monoisotopic (exact) mass is 350 g/mol. The first kappa shape index (κ1) is 23.8. The smallest absolute Gasteiger partial charge is 0.119 e. The average Bonchev–Trinajstić information content (AvgIpc) is 2.26. The number of aliphatic hydroxyl groups excluding tert-OH is 2. The van der Waals surface area contributed by atoms with Gasteiger partial charge in [-0.15, -0.1) is 0 Å². The topological polar surface area (TPSA) is 40.5 Å². The molecule has 0 radical (unpaired) electrons. The Morgan fingerprint density at radius 2 is 1.20 bits per heavy atom. The minimum Gasteiger partial charge on any atom is -0.513 e. The third kappa shape index (κ3) is 10.4. The normalized spacial score (nSPS) is 16.4. The number of allylic oxidation sites excluding steroid dienone is 5. The highest BCUT2D eigenvalue weighted by Gasteiger charge is 2.30. The first-order valence-corrected chi connectivity index (χ1v) is 9.35. The molecule has 0 aliphatic carbocycles. The molecule has 0 spiro atoms. The van der Waals surface area contributed by atoms with Crippen molar-refractivity contribution in [3.05, 3.63) is 35.3 Å². The molecule has 0 aliphatic heterocycles. The molecule has 25 heavy (non-hydrogen) atoms. The van der Waals surface area contributed by atoms with Crippen molar-refractivity contribution in [3.63, 3.8) is 0 Å². The van der Waals surface area contributed by atoms with Crippen molar-refractivity contribution in [3.8, 4) is 0 Å². The lowest BCUT2D eigenvalue weighted by molar-refractivity contribution is 0.243. The molecule has 0 aliphatic rings. The molecule has 146 valence electrons. The first-order chi connectivity index (χ1) is 10.8. The number of aliphatic hydroxyl groups is 2. The van der Waals surface area contributed by atoms with Gasteiger partial charge < -0.3 is 10.2 Å². The van der Waals surface area contributed by atoms with E-state index in [2.05, 4.69) is 75.3 Å². The highest BCUT2D eigenvalue weighted by molar-refractivity contribution is 5.35. The van der Waals surface area contributed by atoms with Crippen LogP contribution < -0.4 is 0 Å². The van der Waals surface area contributed by atoms with Crippen molar-refractivity contribution in [1.82, 2.24) is 0 Å². The number of rotatable bonds is 6. The zero-order valence-corrected chi connectivity index (χ0v) is 18.5. The Morgan fingerprint density at radius 1 is 0.760 bits per heavy atom. The predicted molar refractivity (Wildman–Crippen MR) is 111 cm³/mol. The summed E-state index contributed by atoms with van der Waals surface area (Å²) in [5, 5.41) is 20.6. The highest BCUT2D eigenvalue weighted by atomic mass is 16.3. The van der Waals surface area contributed by atoms with Crippen molar-refractivity contribution < 1.29 is 10.2 Å². The van der Waals surface area contributed by atoms with Crippen LogP contribution >= 0.6 is 0 Å². The molecule has 0 fully saturated rings. The Bertz CT molecular complexity index is 525. The Labute approximate surface area is 156 Å². The predicted octanol–water partition coefficient (Wildman–Crippen LogP) is 7.74. The van der Waals surface area contributed by atoms with Gasteiger partial charge in [-0.25, -0.2) is 0 Å². The van der Waals surface area contributed by atoms with E-state index in [9.17, 15) is 10.2 Å². The maximum Gasteiger partial charge on any atom is 0.119 e. The SMILES string of the molecule is C\C(O)=C/C(=C(O)\C=C\C(C)(C)CC(C)(C)C)C(C)(C)CC(C)(C)C. The summed E-state index contributed by atoms with van der Waals surface area (Å²) in [4.78, 5) is 0. The summed E-state index contributed by atoms with van der Waals surface area (Å²) in [6.45, 7) is 23.5. The molecule has 2 nitrogen and oxygen atoms in total. The molecule has 0 aromatic heterocycles. The fourth-order valence-electron chi connectivity index (χ4n) is 4.07. The molecule has 2 N–H and O–H groups in total. The second-order valence-electron chi connectivity index (χ2n) is 11.3. The molecule has 2 heteroatoms. The van der Waals surface area contributed by atoms with E-state index < -0.39 is 0 Å². The molecule has 0 aromatic rings. The van der Waals surface area contributed by atoms with Gasteiger partial charge in [0.05, 0.1) is 5.76 Å². The highest BCUT2D eigenvalue weighted by Crippen LogP contribution is 2.41. The Morgan fingerprint density at radius 3 is 1.56 bits per heavy atom. The van der Waals surface area contributed by atoms with E-state index in [1.807, 2.05) is 6.08 Å². The Kier molecular flexibility index (Phi) is 7.64. The van der Waals surface area contributed by atoms with Crippen molar-refractivity contribution in [1.29, 1.82) is 0 Å². The van der Waals surface area contributed by atoms with E-state index in [-0.39, 0.29) is 33.2 Å². The van der Waals surface area contributed by atoms with E-state index >= 15 is 0 Å². The van der Waals surface area contributed by atoms with Crippen LogP contribution in [0, 0.1) is 21.7 Å². The van der Waals surface area contributed by atoms with Gasteiger partial charge in [-0.3, -0.25) is 0 Å². The van der Waals surface area contributed by atoms with Crippen LogP contribution in [0.2, 0.25) is 0 Å². The van der Waals surface area contributed by atoms with Crippen LogP contribution in [0.1, 0.15) is 89.0 Å². The average molecular weight is 351 g/mol. The van der Waals surface area contributed by atoms with Gasteiger partial charge in [0, 0.05) is 5.57 Å². The van der Waals surface area contributed by atoms with Crippen LogP contribution in [0.3, 0.4) is 0 Å². The van der Waals surface area contributed by atoms with Gasteiger partial charge in [0.25, 0.3) is 0 Å². The second kappa shape index (κ2) is 8.01. The lowest BCUT2D eigenvalue weighted by Gasteiger charge is -2.34. The molecule has 0 heterocycles. The molecule has 0 rings (SSSR count). The van der Waals surface area contributed by atoms with Gasteiger partial charge in [0.1, 0.15) is 5.76 Å². The standard InChI is InChI=1S/C23H42O2/c1-17(24)14-18(23(10,11)16-21(5,6)7)19(25)12-13-22(8,9)15-20(2,3)4/h12-14,24-25H,15-16H2,1-11H3/b13-12+,17-14+,19-18-. The van der Waals surface area contributed by atoms with Crippen LogP contribution in [0.5, 0.6) is 0 Å². The second-order valence-corrected chi connectivity index (χ2v) is 11.3. The number of hydrogen-bond donors (Lipinski definition) is 2. The van der Waals surface area contributed by atoms with E-state index in [1.54, 1.807) is 13.0 Å². The van der Waals surface area contributed by atoms with Crippen LogP contribution in [-0.4, -0.2) is 10.2 Å². The van der Waals surface area contributed by atoms with E-state index in [0.29, 0.717) is 0 Å². The van der Waals surface area contributed by atoms with Crippen molar-refractivity contribution in [2.24, 2.45) is 21.7 Å². The third-order valence-electron chi connectivity index (χ3n) is 4.01. The van der Waals surface area contributed by atoms with E-state index in [1.165, 1.54) is 0 Å². The quantitative estimate of drug-likeness (QED) is 0.380. The van der Waals surface area contributed by atoms with Crippen LogP contribution in [-0.2, 0) is 0 Å². The summed E-state index contributed by atoms with van der Waals surface area (Å²) in [7, 11) is 0. The summed E-state index contributed by atoms with van der Waals surface area (Å²) >= 11 is 0. The third-order valence-corrected chi connectivity index (χ3v) is 4.01. The lowest BCUT2D eigenvalue weighted by atomic mass is 9.71. The molecule has 0 saturated carbocycles. The molecule has 0 aromatic carbocycles. The van der Waals surface area contributed by atoms with Crippen molar-refractivity contribution >= 4 is 0 Å².